The second-order valence-electron chi connectivity index (χ2n) is 3.56. The Hall–Kier alpha value is -0.180. The van der Waals surface area contributed by atoms with Crippen molar-refractivity contribution in [1.82, 2.24) is 10.2 Å². The zero-order valence-electron chi connectivity index (χ0n) is 9.88. The molecule has 1 heterocycles. The first-order valence-corrected chi connectivity index (χ1v) is 9.24. The maximum atomic E-state index is 11.8. The fourth-order valence-corrected chi connectivity index (χ4v) is 5.12. The summed E-state index contributed by atoms with van der Waals surface area (Å²) in [6.07, 6.45) is 2.19. The van der Waals surface area contributed by atoms with Crippen molar-refractivity contribution >= 4 is 32.3 Å². The molecule has 0 aromatic carbocycles. The molecule has 0 spiro atoms. The van der Waals surface area contributed by atoms with Crippen LogP contribution in [0.4, 0.5) is 0 Å². The molecule has 0 aliphatic rings. The lowest BCUT2D eigenvalue weighted by molar-refractivity contribution is 0.587. The fraction of sp³-hybridized carbons (Fsp3) is 0.778. The number of nitrogens with zero attached hydrogens (tertiary/aromatic N) is 2. The average Bonchev–Trinajstić information content (AvgIpc) is 2.77. The normalized spacial score (nSPS) is 13.8. The van der Waals surface area contributed by atoms with E-state index in [9.17, 15) is 13.0 Å². The molecule has 8 heteroatoms. The van der Waals surface area contributed by atoms with Crippen LogP contribution < -0.4 is 0 Å². The van der Waals surface area contributed by atoms with E-state index in [-0.39, 0.29) is 10.1 Å². The molecule has 0 bridgehead atoms. The Morgan fingerprint density at radius 1 is 1.29 bits per heavy atom. The van der Waals surface area contributed by atoms with E-state index in [1.807, 2.05) is 13.8 Å². The van der Waals surface area contributed by atoms with Crippen LogP contribution in [0.2, 0.25) is 0 Å². The topological polar surface area (TPSA) is 83.0 Å². The van der Waals surface area contributed by atoms with Gasteiger partial charge in [-0.05, 0) is 24.2 Å². The number of sulfone groups is 1. The standard InChI is InChI=1S/C9H16N2O3S3/c1-3-5-7-17(13,14)9-11-10-8(15-9)16(12)6-4-2/h3-7H2,1-2H3. The molecule has 1 rings (SSSR count). The summed E-state index contributed by atoms with van der Waals surface area (Å²) < 4.78 is 35.5. The summed E-state index contributed by atoms with van der Waals surface area (Å²) in [6.45, 7) is 3.84. The Kier molecular flexibility index (Phi) is 5.84. The van der Waals surface area contributed by atoms with Crippen molar-refractivity contribution in [3.05, 3.63) is 0 Å². The fourth-order valence-electron chi connectivity index (χ4n) is 1.11. The van der Waals surface area contributed by atoms with Gasteiger partial charge in [-0.1, -0.05) is 25.4 Å². The Bertz CT molecular complexity index is 444. The molecule has 0 saturated carbocycles. The van der Waals surface area contributed by atoms with Gasteiger partial charge < -0.3 is 4.55 Å². The van der Waals surface area contributed by atoms with Gasteiger partial charge in [0.25, 0.3) is 0 Å². The van der Waals surface area contributed by atoms with Crippen LogP contribution in [-0.4, -0.2) is 34.7 Å². The van der Waals surface area contributed by atoms with Gasteiger partial charge in [0, 0.05) is 11.2 Å². The van der Waals surface area contributed by atoms with E-state index >= 15 is 0 Å². The minimum Gasteiger partial charge on any atom is -0.610 e. The molecule has 1 atom stereocenters. The molecule has 0 saturated heterocycles. The number of hydrogen-bond acceptors (Lipinski definition) is 6. The van der Waals surface area contributed by atoms with E-state index in [1.165, 1.54) is 0 Å². The monoisotopic (exact) mass is 296 g/mol. The first-order valence-electron chi connectivity index (χ1n) is 5.46. The van der Waals surface area contributed by atoms with E-state index in [0.29, 0.717) is 16.5 Å². The Morgan fingerprint density at radius 2 is 2.00 bits per heavy atom. The second kappa shape index (κ2) is 6.67. The van der Waals surface area contributed by atoms with Gasteiger partial charge in [-0.3, -0.25) is 0 Å². The average molecular weight is 296 g/mol. The van der Waals surface area contributed by atoms with Crippen LogP contribution in [0.25, 0.3) is 0 Å². The van der Waals surface area contributed by atoms with Crippen molar-refractivity contribution in [2.75, 3.05) is 11.5 Å². The minimum absolute atomic E-state index is 0.00889. The highest BCUT2D eigenvalue weighted by atomic mass is 32.3. The molecule has 0 fully saturated rings. The zero-order chi connectivity index (χ0) is 12.9. The smallest absolute Gasteiger partial charge is 0.322 e. The number of hydrogen-bond donors (Lipinski definition) is 0. The van der Waals surface area contributed by atoms with Gasteiger partial charge in [-0.25, -0.2) is 8.42 Å². The van der Waals surface area contributed by atoms with Gasteiger partial charge in [0.2, 0.25) is 14.2 Å². The van der Waals surface area contributed by atoms with Crippen molar-refractivity contribution < 1.29 is 13.0 Å². The highest BCUT2D eigenvalue weighted by Crippen LogP contribution is 2.22. The van der Waals surface area contributed by atoms with Crippen LogP contribution in [-0.2, 0) is 21.0 Å². The van der Waals surface area contributed by atoms with E-state index in [2.05, 4.69) is 10.2 Å². The lowest BCUT2D eigenvalue weighted by Gasteiger charge is -2.02. The lowest BCUT2D eigenvalue weighted by Crippen LogP contribution is -2.06. The molecule has 1 unspecified atom stereocenters. The van der Waals surface area contributed by atoms with Crippen LogP contribution in [0.5, 0.6) is 0 Å². The van der Waals surface area contributed by atoms with Crippen molar-refractivity contribution in [2.24, 2.45) is 0 Å². The van der Waals surface area contributed by atoms with Gasteiger partial charge in [-0.2, -0.15) is 0 Å². The molecule has 0 aliphatic heterocycles. The van der Waals surface area contributed by atoms with Crippen molar-refractivity contribution in [1.29, 1.82) is 0 Å². The summed E-state index contributed by atoms with van der Waals surface area (Å²) in [5.41, 5.74) is 0. The van der Waals surface area contributed by atoms with Crippen LogP contribution in [0.1, 0.15) is 33.1 Å². The maximum Gasteiger partial charge on any atom is 0.322 e. The molecule has 98 valence electrons. The van der Waals surface area contributed by atoms with Gasteiger partial charge in [0.1, 0.15) is 5.75 Å². The predicted octanol–water partition coefficient (Wildman–Crippen LogP) is 1.63. The molecule has 1 aromatic rings. The Labute approximate surface area is 109 Å². The van der Waals surface area contributed by atoms with Gasteiger partial charge in [0.05, 0.1) is 5.75 Å². The Balaban J connectivity index is 2.80. The molecular formula is C9H16N2O3S3. The zero-order valence-corrected chi connectivity index (χ0v) is 12.3. The second-order valence-corrected chi connectivity index (χ2v) is 8.56. The number of unbranched alkanes of at least 4 members (excludes halogenated alkanes) is 1. The first kappa shape index (κ1) is 14.9. The summed E-state index contributed by atoms with van der Waals surface area (Å²) in [7, 11) is -3.34. The quantitative estimate of drug-likeness (QED) is 0.714. The first-order chi connectivity index (χ1) is 8.01. The minimum atomic E-state index is -3.34. The largest absolute Gasteiger partial charge is 0.610 e. The molecule has 5 nitrogen and oxygen atoms in total. The van der Waals surface area contributed by atoms with Crippen LogP contribution in [0.15, 0.2) is 8.68 Å². The number of rotatable bonds is 7. The molecule has 17 heavy (non-hydrogen) atoms. The molecular weight excluding hydrogens is 280 g/mol. The van der Waals surface area contributed by atoms with Gasteiger partial charge >= 0.3 is 4.34 Å². The molecule has 0 amide bonds. The molecule has 1 aromatic heterocycles. The molecule has 0 N–H and O–H groups in total. The van der Waals surface area contributed by atoms with E-state index in [4.69, 9.17) is 0 Å². The lowest BCUT2D eigenvalue weighted by atomic mass is 10.4. The summed E-state index contributed by atoms with van der Waals surface area (Å²) in [5.74, 6) is 0.572. The van der Waals surface area contributed by atoms with Crippen LogP contribution >= 0.6 is 11.3 Å². The van der Waals surface area contributed by atoms with E-state index in [1.54, 1.807) is 0 Å². The van der Waals surface area contributed by atoms with Gasteiger partial charge in [0.15, 0.2) is 0 Å². The van der Waals surface area contributed by atoms with Gasteiger partial charge in [-0.15, -0.1) is 5.10 Å². The third-order valence-electron chi connectivity index (χ3n) is 2.00. The van der Waals surface area contributed by atoms with Crippen LogP contribution in [0, 0.1) is 0 Å². The predicted molar refractivity (Wildman–Crippen MR) is 68.4 cm³/mol. The summed E-state index contributed by atoms with van der Waals surface area (Å²) in [4.78, 5) is 0. The SMILES string of the molecule is CCCCS(=O)(=O)c1nnc([S+]([O-])CCC)s1. The Morgan fingerprint density at radius 3 is 2.59 bits per heavy atom. The van der Waals surface area contributed by atoms with Crippen molar-refractivity contribution in [2.45, 2.75) is 41.8 Å². The molecule has 0 radical (unpaired) electrons. The van der Waals surface area contributed by atoms with Crippen molar-refractivity contribution in [3.8, 4) is 0 Å². The summed E-state index contributed by atoms with van der Waals surface area (Å²) in [6, 6.07) is 0. The third kappa shape index (κ3) is 4.20. The van der Waals surface area contributed by atoms with E-state index in [0.717, 1.165) is 24.2 Å². The highest BCUT2D eigenvalue weighted by Gasteiger charge is 2.24. The maximum absolute atomic E-state index is 11.8. The number of aromatic nitrogens is 2. The third-order valence-corrected chi connectivity index (χ3v) is 7.03. The van der Waals surface area contributed by atoms with Crippen LogP contribution in [0.3, 0.4) is 0 Å². The van der Waals surface area contributed by atoms with Crippen molar-refractivity contribution in [3.63, 3.8) is 0 Å². The highest BCUT2D eigenvalue weighted by molar-refractivity contribution is 7.95. The summed E-state index contributed by atoms with van der Waals surface area (Å²) >= 11 is -0.295. The summed E-state index contributed by atoms with van der Waals surface area (Å²) in [5, 5.41) is 7.33. The molecule has 0 aliphatic carbocycles. The van der Waals surface area contributed by atoms with E-state index < -0.39 is 21.0 Å².